The maximum atomic E-state index is 5.58. The third kappa shape index (κ3) is 6.09. The van der Waals surface area contributed by atoms with Crippen LogP contribution in [0.2, 0.25) is 0 Å². The summed E-state index contributed by atoms with van der Waals surface area (Å²) in [4.78, 5) is 6.67. The van der Waals surface area contributed by atoms with Gasteiger partial charge in [-0.15, -0.1) is 12.4 Å². The molecule has 1 saturated heterocycles. The second kappa shape index (κ2) is 8.96. The Kier molecular flexibility index (Phi) is 7.55. The fourth-order valence-electron chi connectivity index (χ4n) is 2.01. The number of morpholine rings is 1. The van der Waals surface area contributed by atoms with E-state index in [2.05, 4.69) is 15.2 Å². The number of nitrogens with one attached hydrogen (secondary N) is 1. The molecule has 0 amide bonds. The van der Waals surface area contributed by atoms with Crippen LogP contribution in [-0.4, -0.2) is 49.3 Å². The van der Waals surface area contributed by atoms with Crippen molar-refractivity contribution in [1.82, 2.24) is 9.88 Å². The molecular formula is C13H23ClN4O. The minimum absolute atomic E-state index is 0. The van der Waals surface area contributed by atoms with Gasteiger partial charge in [-0.3, -0.25) is 4.90 Å². The summed E-state index contributed by atoms with van der Waals surface area (Å²) in [6, 6.07) is 3.78. The maximum Gasteiger partial charge on any atom is 0.126 e. The van der Waals surface area contributed by atoms with Crippen LogP contribution in [0.1, 0.15) is 12.8 Å². The molecule has 19 heavy (non-hydrogen) atoms. The lowest BCUT2D eigenvalue weighted by Crippen LogP contribution is -2.36. The Morgan fingerprint density at radius 2 is 2.05 bits per heavy atom. The summed E-state index contributed by atoms with van der Waals surface area (Å²) >= 11 is 0. The second-order valence-electron chi connectivity index (χ2n) is 4.56. The number of ether oxygens (including phenoxy) is 1. The molecule has 1 fully saturated rings. The second-order valence-corrected chi connectivity index (χ2v) is 4.56. The van der Waals surface area contributed by atoms with Gasteiger partial charge in [0.2, 0.25) is 0 Å². The molecule has 2 heterocycles. The van der Waals surface area contributed by atoms with E-state index >= 15 is 0 Å². The largest absolute Gasteiger partial charge is 0.397 e. The number of anilines is 2. The van der Waals surface area contributed by atoms with E-state index in [1.54, 1.807) is 6.20 Å². The Morgan fingerprint density at radius 3 is 2.74 bits per heavy atom. The number of unbranched alkanes of at least 4 members (excludes halogenated alkanes) is 1. The van der Waals surface area contributed by atoms with Crippen LogP contribution in [-0.2, 0) is 4.74 Å². The molecule has 1 aliphatic heterocycles. The maximum absolute atomic E-state index is 5.58. The number of hydrogen-bond donors (Lipinski definition) is 2. The third-order valence-corrected chi connectivity index (χ3v) is 3.10. The Hall–Kier alpha value is -1.04. The molecule has 0 saturated carbocycles. The highest BCUT2D eigenvalue weighted by Gasteiger charge is 2.08. The molecule has 0 spiro atoms. The molecule has 0 bridgehead atoms. The topological polar surface area (TPSA) is 63.4 Å². The van der Waals surface area contributed by atoms with Crippen molar-refractivity contribution in [2.24, 2.45) is 0 Å². The average molecular weight is 287 g/mol. The van der Waals surface area contributed by atoms with Crippen molar-refractivity contribution in [1.29, 1.82) is 0 Å². The summed E-state index contributed by atoms with van der Waals surface area (Å²) in [5.41, 5.74) is 6.28. The van der Waals surface area contributed by atoms with Crippen LogP contribution in [0.15, 0.2) is 18.3 Å². The van der Waals surface area contributed by atoms with Crippen molar-refractivity contribution >= 4 is 23.9 Å². The monoisotopic (exact) mass is 286 g/mol. The van der Waals surface area contributed by atoms with E-state index in [-0.39, 0.29) is 12.4 Å². The van der Waals surface area contributed by atoms with Crippen molar-refractivity contribution in [2.75, 3.05) is 50.4 Å². The molecule has 0 atom stereocenters. The number of hydrogen-bond acceptors (Lipinski definition) is 5. The van der Waals surface area contributed by atoms with E-state index < -0.39 is 0 Å². The smallest absolute Gasteiger partial charge is 0.126 e. The van der Waals surface area contributed by atoms with Gasteiger partial charge in [-0.05, 0) is 31.5 Å². The highest BCUT2D eigenvalue weighted by Crippen LogP contribution is 2.06. The zero-order valence-electron chi connectivity index (χ0n) is 11.2. The molecule has 2 rings (SSSR count). The van der Waals surface area contributed by atoms with Crippen molar-refractivity contribution in [3.05, 3.63) is 18.3 Å². The minimum Gasteiger partial charge on any atom is -0.397 e. The van der Waals surface area contributed by atoms with E-state index in [1.165, 1.54) is 13.0 Å². The number of pyridine rings is 1. The van der Waals surface area contributed by atoms with Crippen LogP contribution in [0.5, 0.6) is 0 Å². The van der Waals surface area contributed by atoms with Gasteiger partial charge < -0.3 is 15.8 Å². The van der Waals surface area contributed by atoms with Crippen LogP contribution in [0.25, 0.3) is 0 Å². The van der Waals surface area contributed by atoms with Crippen LogP contribution in [0.3, 0.4) is 0 Å². The lowest BCUT2D eigenvalue weighted by atomic mass is 10.2. The lowest BCUT2D eigenvalue weighted by molar-refractivity contribution is 0.0373. The summed E-state index contributed by atoms with van der Waals surface area (Å²) in [5.74, 6) is 0.899. The fourth-order valence-corrected chi connectivity index (χ4v) is 2.01. The molecule has 0 aliphatic carbocycles. The molecule has 0 radical (unpaired) electrons. The zero-order valence-corrected chi connectivity index (χ0v) is 12.0. The molecule has 1 aliphatic rings. The number of nitrogens with zero attached hydrogens (tertiary/aromatic N) is 2. The van der Waals surface area contributed by atoms with Gasteiger partial charge in [0.25, 0.3) is 0 Å². The van der Waals surface area contributed by atoms with Crippen molar-refractivity contribution in [3.63, 3.8) is 0 Å². The van der Waals surface area contributed by atoms with Gasteiger partial charge in [0.15, 0.2) is 0 Å². The van der Waals surface area contributed by atoms with Gasteiger partial charge in [-0.2, -0.15) is 0 Å². The molecule has 0 aromatic carbocycles. The number of halogens is 1. The third-order valence-electron chi connectivity index (χ3n) is 3.10. The van der Waals surface area contributed by atoms with Gasteiger partial charge in [0, 0.05) is 19.6 Å². The van der Waals surface area contributed by atoms with Gasteiger partial charge >= 0.3 is 0 Å². The molecule has 3 N–H and O–H groups in total. The van der Waals surface area contributed by atoms with Crippen LogP contribution in [0, 0.1) is 0 Å². The number of aromatic nitrogens is 1. The van der Waals surface area contributed by atoms with E-state index in [4.69, 9.17) is 10.5 Å². The predicted octanol–water partition coefficient (Wildman–Crippen LogP) is 1.61. The predicted molar refractivity (Wildman–Crippen MR) is 80.9 cm³/mol. The summed E-state index contributed by atoms with van der Waals surface area (Å²) < 4.78 is 5.32. The lowest BCUT2D eigenvalue weighted by Gasteiger charge is -2.26. The first-order chi connectivity index (χ1) is 8.84. The first-order valence-electron chi connectivity index (χ1n) is 6.60. The molecule has 0 unspecified atom stereocenters. The number of nitrogen functional groups attached to an aromatic ring is 1. The molecule has 6 heteroatoms. The summed E-state index contributed by atoms with van der Waals surface area (Å²) in [5, 5.41) is 3.30. The normalized spacial score (nSPS) is 15.8. The highest BCUT2D eigenvalue weighted by molar-refractivity contribution is 5.85. The summed E-state index contributed by atoms with van der Waals surface area (Å²) in [7, 11) is 0. The Balaban J connectivity index is 0.00000180. The first kappa shape index (κ1) is 16.0. The highest BCUT2D eigenvalue weighted by atomic mass is 35.5. The van der Waals surface area contributed by atoms with E-state index in [0.717, 1.165) is 45.1 Å². The van der Waals surface area contributed by atoms with Crippen LogP contribution >= 0.6 is 12.4 Å². The summed E-state index contributed by atoms with van der Waals surface area (Å²) in [6.45, 7) is 6.04. The molecule has 1 aromatic heterocycles. The SMILES string of the molecule is Cl.Nc1ccc(NCCCCN2CCOCC2)nc1. The van der Waals surface area contributed by atoms with Gasteiger partial charge in [0.1, 0.15) is 5.82 Å². The summed E-state index contributed by atoms with van der Waals surface area (Å²) in [6.07, 6.45) is 4.04. The number of nitrogens with two attached hydrogens (primary N) is 1. The van der Waals surface area contributed by atoms with E-state index in [9.17, 15) is 0 Å². The van der Waals surface area contributed by atoms with Crippen LogP contribution in [0.4, 0.5) is 11.5 Å². The van der Waals surface area contributed by atoms with Crippen molar-refractivity contribution in [3.8, 4) is 0 Å². The molecule has 5 nitrogen and oxygen atoms in total. The number of rotatable bonds is 6. The first-order valence-corrected chi connectivity index (χ1v) is 6.60. The average Bonchev–Trinajstić information content (AvgIpc) is 2.42. The van der Waals surface area contributed by atoms with Crippen molar-refractivity contribution < 1.29 is 4.74 Å². The van der Waals surface area contributed by atoms with Gasteiger partial charge in [-0.25, -0.2) is 4.98 Å². The van der Waals surface area contributed by atoms with Crippen molar-refractivity contribution in [2.45, 2.75) is 12.8 Å². The van der Waals surface area contributed by atoms with Crippen LogP contribution < -0.4 is 11.1 Å². The van der Waals surface area contributed by atoms with E-state index in [1.807, 2.05) is 12.1 Å². The fraction of sp³-hybridized carbons (Fsp3) is 0.615. The Labute approximate surface area is 120 Å². The Morgan fingerprint density at radius 1 is 1.26 bits per heavy atom. The molecule has 108 valence electrons. The molecule has 1 aromatic rings. The van der Waals surface area contributed by atoms with E-state index in [0.29, 0.717) is 5.69 Å². The Bertz CT molecular complexity index is 341. The minimum atomic E-state index is 0. The van der Waals surface area contributed by atoms with Gasteiger partial charge in [-0.1, -0.05) is 0 Å². The standard InChI is InChI=1S/C13H22N4O.ClH/c14-12-3-4-13(16-11-12)15-5-1-2-6-17-7-9-18-10-8-17;/h3-4,11H,1-2,5-10,14H2,(H,15,16);1H. The molecular weight excluding hydrogens is 264 g/mol. The van der Waals surface area contributed by atoms with Gasteiger partial charge in [0.05, 0.1) is 25.1 Å². The zero-order chi connectivity index (χ0) is 12.6. The quantitative estimate of drug-likeness (QED) is 0.778.